The fraction of sp³-hybridized carbons (Fsp3) is 0.458. The Labute approximate surface area is 183 Å². The molecule has 2 heterocycles. The van der Waals surface area contributed by atoms with Gasteiger partial charge in [0.25, 0.3) is 0 Å². The van der Waals surface area contributed by atoms with Crippen molar-refractivity contribution < 1.29 is 19.4 Å². The maximum atomic E-state index is 13.0. The molecule has 1 atom stereocenters. The minimum absolute atomic E-state index is 0.143. The van der Waals surface area contributed by atoms with Gasteiger partial charge in [0.15, 0.2) is 0 Å². The molecule has 2 N–H and O–H groups in total. The minimum Gasteiger partial charge on any atom is -0.496 e. The van der Waals surface area contributed by atoms with Crippen molar-refractivity contribution in [3.8, 4) is 11.5 Å². The molecule has 1 saturated heterocycles. The summed E-state index contributed by atoms with van der Waals surface area (Å²) in [5.74, 6) is 1.27. The van der Waals surface area contributed by atoms with Crippen LogP contribution >= 0.6 is 0 Å². The summed E-state index contributed by atoms with van der Waals surface area (Å²) in [4.78, 5) is 17.1. The minimum atomic E-state index is -0.813. The number of rotatable bonds is 5. The lowest BCUT2D eigenvalue weighted by atomic mass is 9.95. The molecule has 1 unspecified atom stereocenters. The molecule has 2 aromatic rings. The van der Waals surface area contributed by atoms with Gasteiger partial charge in [-0.2, -0.15) is 0 Å². The number of likely N-dealkylation sites (tertiary alicyclic amines) is 1. The van der Waals surface area contributed by atoms with Crippen molar-refractivity contribution in [2.24, 2.45) is 0 Å². The summed E-state index contributed by atoms with van der Waals surface area (Å²) in [7, 11) is 3.18. The number of nitrogens with one attached hydrogen (secondary N) is 1. The van der Waals surface area contributed by atoms with Crippen LogP contribution in [0.25, 0.3) is 0 Å². The van der Waals surface area contributed by atoms with Crippen LogP contribution in [0, 0.1) is 0 Å². The molecule has 0 radical (unpaired) electrons. The first-order chi connectivity index (χ1) is 15.1. The Balaban J connectivity index is 1.35. The van der Waals surface area contributed by atoms with Gasteiger partial charge in [-0.25, -0.2) is 4.79 Å². The van der Waals surface area contributed by atoms with Crippen molar-refractivity contribution in [1.29, 1.82) is 0 Å². The second-order valence-electron chi connectivity index (χ2n) is 8.24. The van der Waals surface area contributed by atoms with E-state index in [-0.39, 0.29) is 18.6 Å². The number of hydrogen-bond acceptors (Lipinski definition) is 5. The molecule has 2 amide bonds. The Hall–Kier alpha value is -2.77. The highest BCUT2D eigenvalue weighted by atomic mass is 16.5. The quantitative estimate of drug-likeness (QED) is 0.771. The van der Waals surface area contributed by atoms with Crippen LogP contribution < -0.4 is 14.8 Å². The topological polar surface area (TPSA) is 74.3 Å². The number of carbonyl (C=O) groups is 1. The van der Waals surface area contributed by atoms with Crippen LogP contribution in [-0.4, -0.2) is 60.8 Å². The van der Waals surface area contributed by atoms with E-state index in [1.54, 1.807) is 25.2 Å². The zero-order chi connectivity index (χ0) is 21.8. The van der Waals surface area contributed by atoms with E-state index >= 15 is 0 Å². The van der Waals surface area contributed by atoms with E-state index in [4.69, 9.17) is 9.47 Å². The average Bonchev–Trinajstić information content (AvgIpc) is 2.80. The largest absolute Gasteiger partial charge is 0.496 e. The molecule has 7 nitrogen and oxygen atoms in total. The molecule has 1 fully saturated rings. The summed E-state index contributed by atoms with van der Waals surface area (Å²) in [5.41, 5.74) is 2.82. The third-order valence-corrected chi connectivity index (χ3v) is 6.24. The van der Waals surface area contributed by atoms with Crippen molar-refractivity contribution >= 4 is 6.03 Å². The number of nitrogens with zero attached hydrogens (tertiary/aromatic N) is 2. The van der Waals surface area contributed by atoms with Crippen molar-refractivity contribution in [2.75, 3.05) is 33.9 Å². The van der Waals surface area contributed by atoms with E-state index in [0.717, 1.165) is 38.0 Å². The number of hydrogen-bond donors (Lipinski definition) is 2. The maximum absolute atomic E-state index is 13.0. The number of aliphatic hydroxyl groups excluding tert-OH is 1. The van der Waals surface area contributed by atoms with Gasteiger partial charge in [0.1, 0.15) is 17.6 Å². The number of amides is 2. The number of aliphatic hydroxyl groups is 1. The number of methoxy groups -OCH3 is 2. The van der Waals surface area contributed by atoms with E-state index in [2.05, 4.69) is 34.5 Å². The first kappa shape index (κ1) is 21.5. The highest BCUT2D eigenvalue weighted by Crippen LogP contribution is 2.39. The lowest BCUT2D eigenvalue weighted by Gasteiger charge is -2.36. The Morgan fingerprint density at radius 3 is 2.42 bits per heavy atom. The van der Waals surface area contributed by atoms with Gasteiger partial charge < -0.3 is 24.8 Å². The van der Waals surface area contributed by atoms with Crippen molar-refractivity contribution in [2.45, 2.75) is 38.1 Å². The lowest BCUT2D eigenvalue weighted by Crippen LogP contribution is -2.50. The zero-order valence-corrected chi connectivity index (χ0v) is 18.2. The zero-order valence-electron chi connectivity index (χ0n) is 18.2. The summed E-state index contributed by atoms with van der Waals surface area (Å²) in [6.45, 7) is 3.46. The molecular formula is C24H31N3O4. The molecule has 0 saturated carbocycles. The van der Waals surface area contributed by atoms with Crippen LogP contribution in [0.15, 0.2) is 42.5 Å². The van der Waals surface area contributed by atoms with Crippen LogP contribution in [0.3, 0.4) is 0 Å². The summed E-state index contributed by atoms with van der Waals surface area (Å²) in [6.07, 6.45) is 1.03. The number of benzene rings is 2. The molecule has 4 rings (SSSR count). The molecule has 2 aliphatic rings. The van der Waals surface area contributed by atoms with Gasteiger partial charge in [-0.15, -0.1) is 0 Å². The summed E-state index contributed by atoms with van der Waals surface area (Å²) < 4.78 is 10.9. The Kier molecular flexibility index (Phi) is 6.63. The predicted octanol–water partition coefficient (Wildman–Crippen LogP) is 2.93. The molecular weight excluding hydrogens is 394 g/mol. The lowest BCUT2D eigenvalue weighted by molar-refractivity contribution is 0.0972. The van der Waals surface area contributed by atoms with E-state index in [1.807, 2.05) is 12.1 Å². The number of ether oxygens (including phenoxy) is 2. The first-order valence-electron chi connectivity index (χ1n) is 10.8. The van der Waals surface area contributed by atoms with Crippen LogP contribution in [0.5, 0.6) is 11.5 Å². The number of carbonyl (C=O) groups excluding carboxylic acids is 1. The Morgan fingerprint density at radius 2 is 1.74 bits per heavy atom. The SMILES string of the molecule is COc1ccc(OC)c2c1CN(C(=O)NC1CCN(Cc3ccccc3)CC1)CC2O. The van der Waals surface area contributed by atoms with E-state index in [1.165, 1.54) is 5.56 Å². The van der Waals surface area contributed by atoms with Crippen LogP contribution in [0.1, 0.15) is 35.6 Å². The smallest absolute Gasteiger partial charge is 0.318 e. The summed E-state index contributed by atoms with van der Waals surface area (Å²) in [5, 5.41) is 13.9. The molecule has 2 aromatic carbocycles. The van der Waals surface area contributed by atoms with E-state index in [9.17, 15) is 9.90 Å². The summed E-state index contributed by atoms with van der Waals surface area (Å²) >= 11 is 0. The van der Waals surface area contributed by atoms with Gasteiger partial charge in [-0.05, 0) is 30.5 Å². The molecule has 0 aliphatic carbocycles. The third kappa shape index (κ3) is 4.78. The highest BCUT2D eigenvalue weighted by molar-refractivity contribution is 5.75. The van der Waals surface area contributed by atoms with Gasteiger partial charge >= 0.3 is 6.03 Å². The summed E-state index contributed by atoms with van der Waals surface area (Å²) in [6, 6.07) is 14.1. The number of β-amino-alcohol motifs (C(OH)–C–C–N with tert-alkyl or cyclic N) is 1. The van der Waals surface area contributed by atoms with Crippen LogP contribution in [-0.2, 0) is 13.1 Å². The molecule has 31 heavy (non-hydrogen) atoms. The fourth-order valence-corrected chi connectivity index (χ4v) is 4.57. The average molecular weight is 426 g/mol. The molecule has 166 valence electrons. The van der Waals surface area contributed by atoms with Gasteiger partial charge in [0, 0.05) is 36.8 Å². The maximum Gasteiger partial charge on any atom is 0.318 e. The predicted molar refractivity (Wildman–Crippen MR) is 118 cm³/mol. The number of urea groups is 1. The molecule has 2 aliphatic heterocycles. The van der Waals surface area contributed by atoms with Gasteiger partial charge in [0.05, 0.1) is 27.3 Å². The van der Waals surface area contributed by atoms with Gasteiger partial charge in [0.2, 0.25) is 0 Å². The molecule has 0 aromatic heterocycles. The molecule has 7 heteroatoms. The standard InChI is InChI=1S/C24H31N3O4/c1-30-21-8-9-22(31-2)23-19(21)15-27(16-20(23)28)24(29)25-18-10-12-26(13-11-18)14-17-6-4-3-5-7-17/h3-9,18,20,28H,10-16H2,1-2H3,(H,25,29). The van der Waals surface area contributed by atoms with Gasteiger partial charge in [-0.3, -0.25) is 4.90 Å². The second-order valence-corrected chi connectivity index (χ2v) is 8.24. The normalized spacial score (nSPS) is 19.6. The van der Waals surface area contributed by atoms with E-state index in [0.29, 0.717) is 23.6 Å². The number of piperidine rings is 1. The van der Waals surface area contributed by atoms with Crippen molar-refractivity contribution in [3.05, 3.63) is 59.2 Å². The Morgan fingerprint density at radius 1 is 1.06 bits per heavy atom. The third-order valence-electron chi connectivity index (χ3n) is 6.24. The fourth-order valence-electron chi connectivity index (χ4n) is 4.57. The van der Waals surface area contributed by atoms with Crippen molar-refractivity contribution in [1.82, 2.24) is 15.1 Å². The molecule has 0 spiro atoms. The monoisotopic (exact) mass is 425 g/mol. The van der Waals surface area contributed by atoms with E-state index < -0.39 is 6.10 Å². The Bertz CT molecular complexity index is 897. The van der Waals surface area contributed by atoms with Crippen LogP contribution in [0.2, 0.25) is 0 Å². The van der Waals surface area contributed by atoms with Gasteiger partial charge in [-0.1, -0.05) is 30.3 Å². The number of fused-ring (bicyclic) bond motifs is 1. The second kappa shape index (κ2) is 9.58. The van der Waals surface area contributed by atoms with Crippen LogP contribution in [0.4, 0.5) is 4.79 Å². The first-order valence-corrected chi connectivity index (χ1v) is 10.8. The highest BCUT2D eigenvalue weighted by Gasteiger charge is 2.33. The van der Waals surface area contributed by atoms with Crippen molar-refractivity contribution in [3.63, 3.8) is 0 Å². The molecule has 0 bridgehead atoms.